The predicted octanol–water partition coefficient (Wildman–Crippen LogP) is 3.38. The summed E-state index contributed by atoms with van der Waals surface area (Å²) in [6, 6.07) is 7.59. The zero-order valence-corrected chi connectivity index (χ0v) is 10.4. The fourth-order valence-electron chi connectivity index (χ4n) is 1.73. The van der Waals surface area contributed by atoms with Crippen LogP contribution in [0.25, 0.3) is 0 Å². The molecule has 1 aromatic rings. The van der Waals surface area contributed by atoms with Crippen LogP contribution in [0.5, 0.6) is 0 Å². The summed E-state index contributed by atoms with van der Waals surface area (Å²) in [6.45, 7) is 0.986. The van der Waals surface area contributed by atoms with Gasteiger partial charge < -0.3 is 5.32 Å². The van der Waals surface area contributed by atoms with Crippen molar-refractivity contribution in [1.29, 1.82) is 5.26 Å². The highest BCUT2D eigenvalue weighted by Crippen LogP contribution is 2.24. The van der Waals surface area contributed by atoms with Gasteiger partial charge >= 0.3 is 0 Å². The monoisotopic (exact) mass is 252 g/mol. The van der Waals surface area contributed by atoms with E-state index in [0.29, 0.717) is 10.6 Å². The minimum atomic E-state index is 0.518. The topological polar surface area (TPSA) is 35.8 Å². The van der Waals surface area contributed by atoms with Gasteiger partial charge in [-0.2, -0.15) is 17.0 Å². The lowest BCUT2D eigenvalue weighted by molar-refractivity contribution is 0.632. The average Bonchev–Trinajstić information content (AvgIpc) is 2.81. The van der Waals surface area contributed by atoms with E-state index in [1.807, 2.05) is 23.9 Å². The molecule has 0 bridgehead atoms. The molecule has 1 aliphatic heterocycles. The zero-order valence-electron chi connectivity index (χ0n) is 8.87. The summed E-state index contributed by atoms with van der Waals surface area (Å²) in [5.74, 6) is 3.27. The van der Waals surface area contributed by atoms with E-state index in [0.717, 1.165) is 18.2 Å². The molecule has 2 rings (SSSR count). The zero-order chi connectivity index (χ0) is 11.4. The Balaban J connectivity index is 1.96. The van der Waals surface area contributed by atoms with E-state index in [1.165, 1.54) is 17.9 Å². The molecule has 1 saturated heterocycles. The second-order valence-corrected chi connectivity index (χ2v) is 5.47. The third-order valence-corrected chi connectivity index (χ3v) is 4.27. The first-order valence-corrected chi connectivity index (χ1v) is 6.84. The van der Waals surface area contributed by atoms with E-state index in [1.54, 1.807) is 6.07 Å². The Morgan fingerprint density at radius 2 is 2.44 bits per heavy atom. The number of rotatable bonds is 3. The second kappa shape index (κ2) is 5.47. The molecule has 2 nitrogen and oxygen atoms in total. The summed E-state index contributed by atoms with van der Waals surface area (Å²) < 4.78 is 0. The van der Waals surface area contributed by atoms with E-state index in [4.69, 9.17) is 16.9 Å². The quantitative estimate of drug-likeness (QED) is 0.896. The van der Waals surface area contributed by atoms with Crippen molar-refractivity contribution in [2.24, 2.45) is 5.92 Å². The number of anilines is 1. The van der Waals surface area contributed by atoms with Crippen LogP contribution in [-0.2, 0) is 0 Å². The molecule has 0 amide bonds. The highest BCUT2D eigenvalue weighted by atomic mass is 35.5. The summed E-state index contributed by atoms with van der Waals surface area (Å²) in [7, 11) is 0. The maximum absolute atomic E-state index is 8.86. The van der Waals surface area contributed by atoms with Crippen molar-refractivity contribution in [1.82, 2.24) is 0 Å². The van der Waals surface area contributed by atoms with Crippen LogP contribution in [0.2, 0.25) is 5.02 Å². The number of nitriles is 1. The molecule has 1 aromatic carbocycles. The van der Waals surface area contributed by atoms with Crippen LogP contribution < -0.4 is 5.32 Å². The van der Waals surface area contributed by atoms with Gasteiger partial charge in [0.15, 0.2) is 0 Å². The van der Waals surface area contributed by atoms with E-state index < -0.39 is 0 Å². The molecule has 1 unspecified atom stereocenters. The van der Waals surface area contributed by atoms with E-state index in [9.17, 15) is 0 Å². The number of halogens is 1. The molecule has 1 aliphatic rings. The van der Waals surface area contributed by atoms with Crippen LogP contribution in [0.1, 0.15) is 12.0 Å². The van der Waals surface area contributed by atoms with Gasteiger partial charge in [0.25, 0.3) is 0 Å². The van der Waals surface area contributed by atoms with Gasteiger partial charge in [-0.15, -0.1) is 0 Å². The number of benzene rings is 1. The molecular formula is C12H13ClN2S. The number of hydrogen-bond donors (Lipinski definition) is 1. The molecule has 0 aliphatic carbocycles. The molecule has 1 N–H and O–H groups in total. The number of nitrogens with zero attached hydrogens (tertiary/aromatic N) is 1. The standard InChI is InChI=1S/C12H13ClN2S/c13-12-2-1-11(5-10(12)6-14)15-7-9-3-4-16-8-9/h1-2,5,9,15H,3-4,7-8H2. The molecule has 0 saturated carbocycles. The van der Waals surface area contributed by atoms with Crippen molar-refractivity contribution in [2.75, 3.05) is 23.4 Å². The minimum Gasteiger partial charge on any atom is -0.385 e. The maximum atomic E-state index is 8.86. The molecule has 0 aromatic heterocycles. The normalized spacial score (nSPS) is 19.4. The van der Waals surface area contributed by atoms with Gasteiger partial charge in [0.2, 0.25) is 0 Å². The SMILES string of the molecule is N#Cc1cc(NCC2CCSC2)ccc1Cl. The Morgan fingerprint density at radius 1 is 1.56 bits per heavy atom. The fraction of sp³-hybridized carbons (Fsp3) is 0.417. The van der Waals surface area contributed by atoms with Crippen molar-refractivity contribution in [2.45, 2.75) is 6.42 Å². The Labute approximate surface area is 105 Å². The second-order valence-electron chi connectivity index (χ2n) is 3.92. The average molecular weight is 253 g/mol. The van der Waals surface area contributed by atoms with Crippen LogP contribution >= 0.6 is 23.4 Å². The Hall–Kier alpha value is -0.850. The molecule has 1 fully saturated rings. The lowest BCUT2D eigenvalue weighted by Gasteiger charge is -2.11. The smallest absolute Gasteiger partial charge is 0.101 e. The number of nitrogens with one attached hydrogen (secondary N) is 1. The van der Waals surface area contributed by atoms with Crippen LogP contribution in [0.4, 0.5) is 5.69 Å². The minimum absolute atomic E-state index is 0.518. The predicted molar refractivity (Wildman–Crippen MR) is 70.1 cm³/mol. The van der Waals surface area contributed by atoms with Crippen LogP contribution in [0.3, 0.4) is 0 Å². The summed E-state index contributed by atoms with van der Waals surface area (Å²) in [5.41, 5.74) is 1.52. The Morgan fingerprint density at radius 3 is 3.12 bits per heavy atom. The van der Waals surface area contributed by atoms with Crippen molar-refractivity contribution in [3.63, 3.8) is 0 Å². The summed E-state index contributed by atoms with van der Waals surface area (Å²) >= 11 is 7.88. The van der Waals surface area contributed by atoms with Crippen LogP contribution in [0, 0.1) is 17.2 Å². The van der Waals surface area contributed by atoms with Crippen LogP contribution in [0.15, 0.2) is 18.2 Å². The maximum Gasteiger partial charge on any atom is 0.101 e. The highest BCUT2D eigenvalue weighted by Gasteiger charge is 2.14. The van der Waals surface area contributed by atoms with E-state index in [2.05, 4.69) is 11.4 Å². The van der Waals surface area contributed by atoms with Crippen molar-refractivity contribution in [3.8, 4) is 6.07 Å². The third kappa shape index (κ3) is 2.84. The molecular weight excluding hydrogens is 240 g/mol. The Bertz CT molecular complexity index is 408. The van der Waals surface area contributed by atoms with Crippen molar-refractivity contribution in [3.05, 3.63) is 28.8 Å². The highest BCUT2D eigenvalue weighted by molar-refractivity contribution is 7.99. The molecule has 0 spiro atoms. The molecule has 0 radical (unpaired) electrons. The first-order valence-electron chi connectivity index (χ1n) is 5.31. The largest absolute Gasteiger partial charge is 0.385 e. The molecule has 16 heavy (non-hydrogen) atoms. The van der Waals surface area contributed by atoms with Gasteiger partial charge in [-0.3, -0.25) is 0 Å². The summed E-state index contributed by atoms with van der Waals surface area (Å²) in [4.78, 5) is 0. The van der Waals surface area contributed by atoms with Gasteiger partial charge in [0.1, 0.15) is 6.07 Å². The molecule has 84 valence electrons. The van der Waals surface area contributed by atoms with E-state index >= 15 is 0 Å². The third-order valence-electron chi connectivity index (χ3n) is 2.71. The lowest BCUT2D eigenvalue weighted by Crippen LogP contribution is -2.13. The Kier molecular flexibility index (Phi) is 3.98. The van der Waals surface area contributed by atoms with Crippen molar-refractivity contribution >= 4 is 29.1 Å². The van der Waals surface area contributed by atoms with Crippen LogP contribution in [-0.4, -0.2) is 18.1 Å². The number of hydrogen-bond acceptors (Lipinski definition) is 3. The van der Waals surface area contributed by atoms with Crippen molar-refractivity contribution < 1.29 is 0 Å². The van der Waals surface area contributed by atoms with Gasteiger partial charge in [0.05, 0.1) is 10.6 Å². The lowest BCUT2D eigenvalue weighted by atomic mass is 10.1. The van der Waals surface area contributed by atoms with Gasteiger partial charge in [0, 0.05) is 12.2 Å². The molecule has 1 atom stereocenters. The molecule has 4 heteroatoms. The summed E-state index contributed by atoms with van der Waals surface area (Å²) in [5, 5.41) is 12.7. The van der Waals surface area contributed by atoms with Gasteiger partial charge in [-0.05, 0) is 42.0 Å². The summed E-state index contributed by atoms with van der Waals surface area (Å²) in [6.07, 6.45) is 1.29. The first kappa shape index (κ1) is 11.6. The van der Waals surface area contributed by atoms with Gasteiger partial charge in [-0.25, -0.2) is 0 Å². The number of thioether (sulfide) groups is 1. The first-order chi connectivity index (χ1) is 7.79. The van der Waals surface area contributed by atoms with E-state index in [-0.39, 0.29) is 0 Å². The van der Waals surface area contributed by atoms with Gasteiger partial charge in [-0.1, -0.05) is 11.6 Å². The molecule has 1 heterocycles. The fourth-order valence-corrected chi connectivity index (χ4v) is 3.17.